The normalized spacial score (nSPS) is 23.5. The van der Waals surface area contributed by atoms with Crippen LogP contribution in [0.5, 0.6) is 0 Å². The molecular formula is C27H54BrO8P. The third-order valence-corrected chi connectivity index (χ3v) is 8.12. The number of hydrogen-bond acceptors (Lipinski definition) is 7. The van der Waals surface area contributed by atoms with Crippen LogP contribution in [0.4, 0.5) is 0 Å². The first-order chi connectivity index (χ1) is 18.0. The maximum Gasteiger partial charge on any atom is 0.472 e. The zero-order valence-electron chi connectivity index (χ0n) is 23.6. The minimum Gasteiger partial charge on any atom is -0.373 e. The van der Waals surface area contributed by atoms with Gasteiger partial charge in [0.25, 0.3) is 0 Å². The van der Waals surface area contributed by atoms with Gasteiger partial charge in [-0.05, 0) is 6.42 Å². The van der Waals surface area contributed by atoms with Crippen molar-refractivity contribution in [3.8, 4) is 0 Å². The summed E-state index contributed by atoms with van der Waals surface area (Å²) in [6, 6.07) is 0. The molecule has 0 spiro atoms. The van der Waals surface area contributed by atoms with Gasteiger partial charge in [0.15, 0.2) is 6.29 Å². The van der Waals surface area contributed by atoms with Crippen LogP contribution in [0.3, 0.4) is 0 Å². The second-order valence-electron chi connectivity index (χ2n) is 9.90. The van der Waals surface area contributed by atoms with E-state index in [4.69, 9.17) is 28.0 Å². The third-order valence-electron chi connectivity index (χ3n) is 6.81. The Hall–Kier alpha value is 0.430. The fourth-order valence-corrected chi connectivity index (χ4v) is 5.83. The molecule has 1 rings (SSSR count). The maximum atomic E-state index is 12.0. The van der Waals surface area contributed by atoms with Gasteiger partial charge >= 0.3 is 7.82 Å². The number of rotatable bonds is 26. The van der Waals surface area contributed by atoms with Crippen LogP contribution in [-0.2, 0) is 32.6 Å². The molecule has 0 saturated carbocycles. The standard InChI is InChI=1S/C27H54BrO8P/c1-4-5-6-7-8-9-10-11-12-13-14-15-16-17-18-19-21-33-25-24(36-27(32-3)26(25)31-2)23-35-37(29,30)34-22-20-28/h24-27H,4-23H2,1-3H3,(H,29,30)/t24-,25+,26-,27+/m1/s1. The molecule has 0 radical (unpaired) electrons. The number of alkyl halides is 1. The first-order valence-electron chi connectivity index (χ1n) is 14.5. The summed E-state index contributed by atoms with van der Waals surface area (Å²) in [5.74, 6) is 0. The van der Waals surface area contributed by atoms with E-state index in [0.717, 1.165) is 12.8 Å². The summed E-state index contributed by atoms with van der Waals surface area (Å²) in [7, 11) is -1.05. The Morgan fingerprint density at radius 1 is 0.730 bits per heavy atom. The summed E-state index contributed by atoms with van der Waals surface area (Å²) in [6.07, 6.45) is 19.0. The quantitative estimate of drug-likeness (QED) is 0.0605. The van der Waals surface area contributed by atoms with Gasteiger partial charge in [-0.2, -0.15) is 0 Å². The van der Waals surface area contributed by atoms with E-state index in [9.17, 15) is 9.46 Å². The first-order valence-corrected chi connectivity index (χ1v) is 17.1. The lowest BCUT2D eigenvalue weighted by Gasteiger charge is -2.23. The van der Waals surface area contributed by atoms with Crippen molar-refractivity contribution in [2.24, 2.45) is 0 Å². The van der Waals surface area contributed by atoms with Gasteiger partial charge in [-0.3, -0.25) is 9.05 Å². The molecule has 10 heteroatoms. The summed E-state index contributed by atoms with van der Waals surface area (Å²) in [6.45, 7) is 2.75. The van der Waals surface area contributed by atoms with Crippen molar-refractivity contribution >= 4 is 23.8 Å². The first kappa shape index (κ1) is 35.5. The van der Waals surface area contributed by atoms with Gasteiger partial charge in [0.05, 0.1) is 13.2 Å². The van der Waals surface area contributed by atoms with Crippen LogP contribution < -0.4 is 0 Å². The summed E-state index contributed by atoms with van der Waals surface area (Å²) in [4.78, 5) is 9.80. The molecule has 1 saturated heterocycles. The molecule has 1 aliphatic heterocycles. The number of ether oxygens (including phenoxy) is 4. The van der Waals surface area contributed by atoms with Crippen LogP contribution in [-0.4, -0.2) is 68.9 Å². The van der Waals surface area contributed by atoms with Crippen molar-refractivity contribution in [1.29, 1.82) is 0 Å². The highest BCUT2D eigenvalue weighted by Crippen LogP contribution is 2.44. The summed E-state index contributed by atoms with van der Waals surface area (Å²) >= 11 is 3.15. The maximum absolute atomic E-state index is 12.0. The molecule has 1 heterocycles. The molecule has 222 valence electrons. The van der Waals surface area contributed by atoms with Crippen molar-refractivity contribution in [3.63, 3.8) is 0 Å². The topological polar surface area (TPSA) is 92.7 Å². The number of phosphoric acid groups is 1. The molecule has 0 aromatic rings. The van der Waals surface area contributed by atoms with E-state index in [1.807, 2.05) is 0 Å². The Kier molecular flexibility index (Phi) is 22.2. The second-order valence-corrected chi connectivity index (χ2v) is 12.2. The van der Waals surface area contributed by atoms with E-state index < -0.39 is 32.4 Å². The van der Waals surface area contributed by atoms with E-state index in [1.165, 1.54) is 97.0 Å². The van der Waals surface area contributed by atoms with E-state index in [1.54, 1.807) is 7.11 Å². The monoisotopic (exact) mass is 616 g/mol. The van der Waals surface area contributed by atoms with Gasteiger partial charge in [-0.15, -0.1) is 0 Å². The molecular weight excluding hydrogens is 563 g/mol. The molecule has 0 amide bonds. The van der Waals surface area contributed by atoms with Crippen LogP contribution in [0.25, 0.3) is 0 Å². The van der Waals surface area contributed by atoms with Gasteiger partial charge in [0.1, 0.15) is 18.3 Å². The van der Waals surface area contributed by atoms with E-state index in [-0.39, 0.29) is 13.2 Å². The lowest BCUT2D eigenvalue weighted by molar-refractivity contribution is -0.159. The smallest absolute Gasteiger partial charge is 0.373 e. The zero-order valence-corrected chi connectivity index (χ0v) is 26.1. The molecule has 1 aliphatic rings. The number of hydrogen-bond donors (Lipinski definition) is 1. The Balaban J connectivity index is 2.12. The van der Waals surface area contributed by atoms with Gasteiger partial charge < -0.3 is 23.8 Å². The summed E-state index contributed by atoms with van der Waals surface area (Å²) < 4.78 is 44.8. The molecule has 0 aromatic heterocycles. The lowest BCUT2D eigenvalue weighted by Crippen LogP contribution is -2.39. The Morgan fingerprint density at radius 3 is 1.70 bits per heavy atom. The lowest BCUT2D eigenvalue weighted by atomic mass is 10.0. The van der Waals surface area contributed by atoms with E-state index in [0.29, 0.717) is 11.9 Å². The van der Waals surface area contributed by atoms with E-state index >= 15 is 0 Å². The van der Waals surface area contributed by atoms with Gasteiger partial charge in [0.2, 0.25) is 0 Å². The molecule has 8 nitrogen and oxygen atoms in total. The minimum absolute atomic E-state index is 0.0693. The minimum atomic E-state index is -4.16. The molecule has 0 bridgehead atoms. The van der Waals surface area contributed by atoms with Crippen molar-refractivity contribution < 1.29 is 37.5 Å². The van der Waals surface area contributed by atoms with Crippen LogP contribution in [0, 0.1) is 0 Å². The number of methoxy groups -OCH3 is 2. The summed E-state index contributed by atoms with van der Waals surface area (Å²) in [5.41, 5.74) is 0. The van der Waals surface area contributed by atoms with Crippen molar-refractivity contribution in [1.82, 2.24) is 0 Å². The summed E-state index contributed by atoms with van der Waals surface area (Å²) in [5, 5.41) is 0.434. The molecule has 0 aromatic carbocycles. The average molecular weight is 618 g/mol. The fraction of sp³-hybridized carbons (Fsp3) is 1.00. The highest BCUT2D eigenvalue weighted by molar-refractivity contribution is 9.09. The van der Waals surface area contributed by atoms with Crippen molar-refractivity contribution in [2.45, 2.75) is 134 Å². The molecule has 37 heavy (non-hydrogen) atoms. The molecule has 0 aliphatic carbocycles. The predicted molar refractivity (Wildman–Crippen MR) is 151 cm³/mol. The van der Waals surface area contributed by atoms with Crippen molar-refractivity contribution in [3.05, 3.63) is 0 Å². The van der Waals surface area contributed by atoms with Crippen LogP contribution in [0.1, 0.15) is 110 Å². The van der Waals surface area contributed by atoms with Crippen LogP contribution in [0.2, 0.25) is 0 Å². The average Bonchev–Trinajstić information content (AvgIpc) is 3.24. The largest absolute Gasteiger partial charge is 0.472 e. The SMILES string of the molecule is CCCCCCCCCCCCCCCCCCO[C@@H]1[C@@H](OC)[C@@H](OC)O[C@@H]1COP(=O)(O)OCCBr. The van der Waals surface area contributed by atoms with E-state index in [2.05, 4.69) is 22.9 Å². The van der Waals surface area contributed by atoms with Gasteiger partial charge in [-0.25, -0.2) is 4.57 Å². The third kappa shape index (κ3) is 17.0. The Labute approximate surface area is 234 Å². The molecule has 1 fully saturated rings. The molecule has 5 atom stereocenters. The van der Waals surface area contributed by atoms with Gasteiger partial charge in [-0.1, -0.05) is 119 Å². The highest BCUT2D eigenvalue weighted by atomic mass is 79.9. The second kappa shape index (κ2) is 23.2. The number of halogens is 1. The number of unbranched alkanes of at least 4 members (excludes halogenated alkanes) is 15. The Morgan fingerprint density at radius 2 is 1.24 bits per heavy atom. The van der Waals surface area contributed by atoms with Crippen LogP contribution >= 0.6 is 23.8 Å². The number of phosphoric ester groups is 1. The Bertz CT molecular complexity index is 571. The fourth-order valence-electron chi connectivity index (χ4n) is 4.69. The predicted octanol–water partition coefficient (Wildman–Crippen LogP) is 7.55. The van der Waals surface area contributed by atoms with Crippen LogP contribution in [0.15, 0.2) is 0 Å². The molecule has 1 N–H and O–H groups in total. The zero-order chi connectivity index (χ0) is 27.2. The van der Waals surface area contributed by atoms with Gasteiger partial charge in [0, 0.05) is 26.2 Å². The van der Waals surface area contributed by atoms with Crippen molar-refractivity contribution in [2.75, 3.05) is 39.4 Å². The highest BCUT2D eigenvalue weighted by Gasteiger charge is 2.47. The molecule has 1 unspecified atom stereocenters.